The number of benzene rings is 2. The third kappa shape index (κ3) is 2.96. The quantitative estimate of drug-likeness (QED) is 0.476. The Kier molecular flexibility index (Phi) is 5.05. The summed E-state index contributed by atoms with van der Waals surface area (Å²) in [5, 5.41) is 10.6. The molecule has 1 N–H and O–H groups in total. The zero-order valence-electron chi connectivity index (χ0n) is 16.8. The summed E-state index contributed by atoms with van der Waals surface area (Å²) in [6.45, 7) is 0. The zero-order valence-corrected chi connectivity index (χ0v) is 16.8. The average molecular weight is 406 g/mol. The van der Waals surface area contributed by atoms with E-state index >= 15 is 0 Å². The van der Waals surface area contributed by atoms with E-state index in [0.717, 1.165) is 11.1 Å². The number of fused-ring (bicyclic) bond motifs is 2. The van der Waals surface area contributed by atoms with E-state index < -0.39 is 28.7 Å². The van der Waals surface area contributed by atoms with E-state index in [9.17, 15) is 14.7 Å². The van der Waals surface area contributed by atoms with E-state index in [1.54, 1.807) is 18.2 Å². The van der Waals surface area contributed by atoms with E-state index in [1.807, 2.05) is 42.5 Å². The number of aliphatic hydroxyl groups is 1. The molecule has 2 aliphatic rings. The predicted molar refractivity (Wildman–Crippen MR) is 110 cm³/mol. The first-order valence-electron chi connectivity index (χ1n) is 9.58. The van der Waals surface area contributed by atoms with Crippen LogP contribution in [0.15, 0.2) is 72.0 Å². The maximum atomic E-state index is 13.6. The van der Waals surface area contributed by atoms with Crippen molar-refractivity contribution >= 4 is 17.6 Å². The maximum absolute atomic E-state index is 13.6. The second-order valence-corrected chi connectivity index (χ2v) is 7.31. The summed E-state index contributed by atoms with van der Waals surface area (Å²) < 4.78 is 17.4. The first-order valence-corrected chi connectivity index (χ1v) is 9.58. The Morgan fingerprint density at radius 2 is 1.70 bits per heavy atom. The van der Waals surface area contributed by atoms with Crippen molar-refractivity contribution in [1.29, 1.82) is 0 Å². The van der Waals surface area contributed by atoms with E-state index in [2.05, 4.69) is 0 Å². The molecule has 6 heteroatoms. The van der Waals surface area contributed by atoms with Gasteiger partial charge in [-0.25, -0.2) is 0 Å². The van der Waals surface area contributed by atoms with Crippen molar-refractivity contribution in [2.24, 2.45) is 0 Å². The number of para-hydroxylation sites is 1. The molecule has 0 unspecified atom stereocenters. The lowest BCUT2D eigenvalue weighted by Gasteiger charge is -2.52. The number of methoxy groups -OCH3 is 2. The fourth-order valence-electron chi connectivity index (χ4n) is 4.15. The van der Waals surface area contributed by atoms with Gasteiger partial charge in [0.25, 0.3) is 5.79 Å². The minimum atomic E-state index is -1.61. The Morgan fingerprint density at radius 1 is 1.00 bits per heavy atom. The van der Waals surface area contributed by atoms with Gasteiger partial charge in [0.1, 0.15) is 17.1 Å². The van der Waals surface area contributed by atoms with Crippen LogP contribution < -0.4 is 4.74 Å². The molecule has 0 aromatic heterocycles. The number of hydrogen-bond acceptors (Lipinski definition) is 6. The van der Waals surface area contributed by atoms with Crippen LogP contribution in [0.25, 0.3) is 6.08 Å². The summed E-state index contributed by atoms with van der Waals surface area (Å²) in [5.74, 6) is -2.71. The van der Waals surface area contributed by atoms with Crippen LogP contribution in [-0.2, 0) is 25.5 Å². The van der Waals surface area contributed by atoms with Crippen molar-refractivity contribution in [2.45, 2.75) is 24.2 Å². The van der Waals surface area contributed by atoms with E-state index in [-0.39, 0.29) is 18.4 Å². The van der Waals surface area contributed by atoms with Crippen molar-refractivity contribution in [1.82, 2.24) is 0 Å². The second kappa shape index (κ2) is 7.55. The molecule has 1 heterocycles. The summed E-state index contributed by atoms with van der Waals surface area (Å²) in [7, 11) is 2.76. The molecule has 1 fully saturated rings. The van der Waals surface area contributed by atoms with Crippen LogP contribution in [0.2, 0.25) is 0 Å². The van der Waals surface area contributed by atoms with Gasteiger partial charge in [-0.2, -0.15) is 0 Å². The van der Waals surface area contributed by atoms with Crippen LogP contribution in [0.4, 0.5) is 0 Å². The number of aliphatic hydroxyl groups excluding tert-OH is 1. The van der Waals surface area contributed by atoms with Crippen LogP contribution >= 0.6 is 0 Å². The van der Waals surface area contributed by atoms with Crippen molar-refractivity contribution in [3.8, 4) is 5.75 Å². The van der Waals surface area contributed by atoms with Crippen LogP contribution in [0.3, 0.4) is 0 Å². The van der Waals surface area contributed by atoms with Gasteiger partial charge < -0.3 is 19.3 Å². The van der Waals surface area contributed by atoms with Gasteiger partial charge >= 0.3 is 0 Å². The summed E-state index contributed by atoms with van der Waals surface area (Å²) in [6, 6.07) is 16.5. The fourth-order valence-corrected chi connectivity index (χ4v) is 4.15. The van der Waals surface area contributed by atoms with Crippen molar-refractivity contribution in [3.63, 3.8) is 0 Å². The van der Waals surface area contributed by atoms with Crippen molar-refractivity contribution < 1.29 is 28.9 Å². The molecule has 0 spiro atoms. The predicted octanol–water partition coefficient (Wildman–Crippen LogP) is 3.42. The minimum Gasteiger partial charge on any atom is -0.507 e. The number of allylic oxidation sites excluding steroid dienone is 1. The van der Waals surface area contributed by atoms with Gasteiger partial charge in [0, 0.05) is 20.6 Å². The van der Waals surface area contributed by atoms with E-state index in [4.69, 9.17) is 14.2 Å². The molecule has 2 aromatic rings. The molecule has 2 aromatic carbocycles. The number of ketones is 2. The third-order valence-corrected chi connectivity index (χ3v) is 5.74. The number of ether oxygens (including phenoxy) is 3. The summed E-state index contributed by atoms with van der Waals surface area (Å²) >= 11 is 0. The van der Waals surface area contributed by atoms with Gasteiger partial charge in [-0.15, -0.1) is 0 Å². The number of Topliss-reactive ketones (excluding diaryl/α,β-unsaturated/α-hetero) is 2. The lowest BCUT2D eigenvalue weighted by molar-refractivity contribution is -0.278. The second-order valence-electron chi connectivity index (χ2n) is 7.31. The van der Waals surface area contributed by atoms with E-state index in [0.29, 0.717) is 5.75 Å². The topological polar surface area (TPSA) is 82.1 Å². The summed E-state index contributed by atoms with van der Waals surface area (Å²) in [4.78, 5) is 26.6. The molecule has 0 radical (unpaired) electrons. The third-order valence-electron chi connectivity index (χ3n) is 5.74. The Hall–Kier alpha value is -3.22. The lowest BCUT2D eigenvalue weighted by Crippen LogP contribution is -2.71. The smallest absolute Gasteiger partial charge is 0.254 e. The highest BCUT2D eigenvalue weighted by Crippen LogP contribution is 2.49. The molecule has 1 aliphatic heterocycles. The van der Waals surface area contributed by atoms with Crippen LogP contribution in [0, 0.1) is 0 Å². The summed E-state index contributed by atoms with van der Waals surface area (Å²) in [5.41, 5.74) is -0.329. The molecule has 4 rings (SSSR count). The minimum absolute atomic E-state index is 0.152. The SMILES string of the molecule is CO[C@@]12CC(=O)/C(=C(O)\C=C\c3ccccc3)C(=O)[C@]1(OC)Cc1ccccc1O2. The maximum Gasteiger partial charge on any atom is 0.254 e. The van der Waals surface area contributed by atoms with Gasteiger partial charge in [0.15, 0.2) is 5.78 Å². The molecule has 6 nitrogen and oxygen atoms in total. The van der Waals surface area contributed by atoms with E-state index in [1.165, 1.54) is 20.3 Å². The number of hydrogen-bond donors (Lipinski definition) is 1. The van der Waals surface area contributed by atoms with Gasteiger partial charge in [0.05, 0.1) is 6.42 Å². The molecule has 2 atom stereocenters. The van der Waals surface area contributed by atoms with Crippen molar-refractivity contribution in [3.05, 3.63) is 83.1 Å². The molecule has 0 bridgehead atoms. The van der Waals surface area contributed by atoms with Crippen LogP contribution in [0.1, 0.15) is 17.5 Å². The molecule has 0 amide bonds. The molecular weight excluding hydrogens is 384 g/mol. The number of carbonyl (C=O) groups excluding carboxylic acids is 2. The van der Waals surface area contributed by atoms with Gasteiger partial charge in [0.2, 0.25) is 11.4 Å². The first-order chi connectivity index (χ1) is 14.5. The summed E-state index contributed by atoms with van der Waals surface area (Å²) in [6.07, 6.45) is 2.86. The first kappa shape index (κ1) is 20.1. The molecular formula is C24H22O6. The highest BCUT2D eigenvalue weighted by Gasteiger charge is 2.68. The van der Waals surface area contributed by atoms with Gasteiger partial charge in [-0.05, 0) is 23.3 Å². The fraction of sp³-hybridized carbons (Fsp3) is 0.250. The largest absolute Gasteiger partial charge is 0.507 e. The van der Waals surface area contributed by atoms with Gasteiger partial charge in [-0.1, -0.05) is 54.6 Å². The highest BCUT2D eigenvalue weighted by atomic mass is 16.7. The molecule has 1 saturated carbocycles. The highest BCUT2D eigenvalue weighted by molar-refractivity contribution is 6.26. The monoisotopic (exact) mass is 406 g/mol. The van der Waals surface area contributed by atoms with Gasteiger partial charge in [-0.3, -0.25) is 9.59 Å². The number of carbonyl (C=O) groups is 2. The Balaban J connectivity index is 1.80. The van der Waals surface area contributed by atoms with Crippen molar-refractivity contribution in [2.75, 3.05) is 14.2 Å². The molecule has 154 valence electrons. The van der Waals surface area contributed by atoms with Crippen LogP contribution in [-0.4, -0.2) is 42.3 Å². The standard InChI is InChI=1S/C24H22O6/c1-28-23-14-17-10-6-7-11-20(17)30-24(23,29-2)15-19(26)21(22(23)27)18(25)13-12-16-8-4-3-5-9-16/h3-13,25H,14-15H2,1-2H3/b13-12+,21-18-/t23-,24-/m1/s1. The van der Waals surface area contributed by atoms with Crippen LogP contribution in [0.5, 0.6) is 5.75 Å². The molecule has 30 heavy (non-hydrogen) atoms. The Labute approximate surface area is 174 Å². The zero-order chi connectivity index (χ0) is 21.4. The number of rotatable bonds is 4. The Morgan fingerprint density at radius 3 is 2.40 bits per heavy atom. The average Bonchev–Trinajstić information content (AvgIpc) is 2.77. The molecule has 1 aliphatic carbocycles. The normalized spacial score (nSPS) is 27.4. The Bertz CT molecular complexity index is 1050. The lowest BCUT2D eigenvalue weighted by atomic mass is 9.69. The molecule has 0 saturated heterocycles.